The van der Waals surface area contributed by atoms with Gasteiger partial charge in [0.05, 0.1) is 16.9 Å². The first-order valence-corrected chi connectivity index (χ1v) is 14.5. The van der Waals surface area contributed by atoms with Gasteiger partial charge in [-0.1, -0.05) is 58.0 Å². The fourth-order valence-electron chi connectivity index (χ4n) is 5.30. The van der Waals surface area contributed by atoms with Gasteiger partial charge in [0.1, 0.15) is 23.7 Å². The second kappa shape index (κ2) is 11.5. The number of aromatic amines is 1. The van der Waals surface area contributed by atoms with E-state index in [1.165, 1.54) is 11.3 Å². The number of amides is 1. The van der Waals surface area contributed by atoms with E-state index in [9.17, 15) is 4.79 Å². The minimum absolute atomic E-state index is 0.0348. The third-order valence-corrected chi connectivity index (χ3v) is 7.97. The number of hydrogen-bond acceptors (Lipinski definition) is 5. The molecule has 3 heterocycles. The number of hydrogen-bond donors (Lipinski definition) is 2. The van der Waals surface area contributed by atoms with Crippen molar-refractivity contribution in [2.24, 2.45) is 0 Å². The van der Waals surface area contributed by atoms with Crippen LogP contribution in [0.2, 0.25) is 0 Å². The van der Waals surface area contributed by atoms with E-state index in [0.29, 0.717) is 6.54 Å². The molecule has 0 unspecified atom stereocenters. The summed E-state index contributed by atoms with van der Waals surface area (Å²) in [7, 11) is 0. The molecule has 0 spiro atoms. The van der Waals surface area contributed by atoms with Gasteiger partial charge in [-0.3, -0.25) is 9.69 Å². The lowest BCUT2D eigenvalue weighted by Crippen LogP contribution is -2.46. The van der Waals surface area contributed by atoms with Gasteiger partial charge in [0.2, 0.25) is 5.91 Å². The van der Waals surface area contributed by atoms with E-state index in [4.69, 9.17) is 9.97 Å². The number of imidazole rings is 2. The van der Waals surface area contributed by atoms with Crippen LogP contribution in [0.25, 0.3) is 22.4 Å². The molecule has 4 aromatic rings. The molecule has 212 valence electrons. The molecule has 0 bridgehead atoms. The van der Waals surface area contributed by atoms with Crippen LogP contribution in [0, 0.1) is 6.92 Å². The summed E-state index contributed by atoms with van der Waals surface area (Å²) in [6.45, 7) is 17.6. The molecule has 8 nitrogen and oxygen atoms in total. The van der Waals surface area contributed by atoms with Crippen LogP contribution in [-0.2, 0) is 23.3 Å². The Morgan fingerprint density at radius 3 is 2.45 bits per heavy atom. The summed E-state index contributed by atoms with van der Waals surface area (Å²) in [5.41, 5.74) is 6.83. The number of carbonyl (C=O) groups is 1. The molecule has 2 N–H and O–H groups in total. The number of nitrogens with zero attached hydrogens (tertiary/aromatic N) is 5. The molecule has 2 aromatic carbocycles. The van der Waals surface area contributed by atoms with Gasteiger partial charge in [0, 0.05) is 50.5 Å². The van der Waals surface area contributed by atoms with Gasteiger partial charge in [-0.2, -0.15) is 0 Å². The van der Waals surface area contributed by atoms with Gasteiger partial charge >= 0.3 is 0 Å². The number of rotatable bonds is 8. The quantitative estimate of drug-likeness (QED) is 0.318. The Hall–Kier alpha value is -3.65. The Morgan fingerprint density at radius 1 is 1.05 bits per heavy atom. The van der Waals surface area contributed by atoms with Crippen molar-refractivity contribution >= 4 is 22.6 Å². The Balaban J connectivity index is 1.22. The lowest BCUT2D eigenvalue weighted by molar-refractivity contribution is -0.122. The van der Waals surface area contributed by atoms with Gasteiger partial charge in [0.25, 0.3) is 0 Å². The van der Waals surface area contributed by atoms with Gasteiger partial charge in [0.15, 0.2) is 0 Å². The van der Waals surface area contributed by atoms with Crippen LogP contribution < -0.4 is 10.2 Å². The standard InChI is InChI=1S/C32H43N7O/c1-7-22(2)33-29(40)21-39-20-26(34-23(39)3)19-37-15-17-38(18-16-37)28-10-8-9-27-30(28)36-31(35-27)24-11-13-25(14-12-24)32(4,5)6/h8-14,20,22H,7,15-19,21H2,1-6H3,(H,33,40)(H,35,36)/t22-/m1/s1. The van der Waals surface area contributed by atoms with Crippen LogP contribution in [0.4, 0.5) is 5.69 Å². The minimum atomic E-state index is 0.0348. The highest BCUT2D eigenvalue weighted by Crippen LogP contribution is 2.30. The topological polar surface area (TPSA) is 82.1 Å². The number of para-hydroxylation sites is 1. The average molecular weight is 542 g/mol. The summed E-state index contributed by atoms with van der Waals surface area (Å²) in [4.78, 5) is 30.5. The molecule has 0 saturated carbocycles. The number of aryl methyl sites for hydroxylation is 1. The largest absolute Gasteiger partial charge is 0.367 e. The number of H-pyrrole nitrogens is 1. The first-order valence-electron chi connectivity index (χ1n) is 14.5. The summed E-state index contributed by atoms with van der Waals surface area (Å²) in [5, 5.41) is 3.04. The molecule has 1 fully saturated rings. The summed E-state index contributed by atoms with van der Waals surface area (Å²) in [6, 6.07) is 15.3. The molecule has 8 heteroatoms. The molecular formula is C32H43N7O. The molecule has 1 atom stereocenters. The van der Waals surface area contributed by atoms with E-state index >= 15 is 0 Å². The zero-order valence-electron chi connectivity index (χ0n) is 24.8. The molecule has 2 aromatic heterocycles. The van der Waals surface area contributed by atoms with Crippen LogP contribution in [0.5, 0.6) is 0 Å². The van der Waals surface area contributed by atoms with Crippen molar-refractivity contribution in [3.63, 3.8) is 0 Å². The number of carbonyl (C=O) groups excluding carboxylic acids is 1. The number of fused-ring (bicyclic) bond motifs is 1. The van der Waals surface area contributed by atoms with E-state index in [-0.39, 0.29) is 17.4 Å². The lowest BCUT2D eigenvalue weighted by atomic mass is 9.87. The van der Waals surface area contributed by atoms with Gasteiger partial charge < -0.3 is 19.8 Å². The second-order valence-corrected chi connectivity index (χ2v) is 12.1. The fourth-order valence-corrected chi connectivity index (χ4v) is 5.30. The first-order chi connectivity index (χ1) is 19.1. The fraction of sp³-hybridized carbons (Fsp3) is 0.469. The number of aromatic nitrogens is 4. The van der Waals surface area contributed by atoms with Crippen molar-refractivity contribution in [2.45, 2.75) is 72.5 Å². The second-order valence-electron chi connectivity index (χ2n) is 12.1. The highest BCUT2D eigenvalue weighted by atomic mass is 16.2. The number of anilines is 1. The zero-order chi connectivity index (χ0) is 28.4. The average Bonchev–Trinajstić information content (AvgIpc) is 3.51. The van der Waals surface area contributed by atoms with Gasteiger partial charge in [-0.25, -0.2) is 9.97 Å². The molecule has 0 radical (unpaired) electrons. The Labute approximate surface area is 237 Å². The molecule has 0 aliphatic carbocycles. The highest BCUT2D eigenvalue weighted by Gasteiger charge is 2.22. The third-order valence-electron chi connectivity index (χ3n) is 7.97. The van der Waals surface area contributed by atoms with E-state index in [1.54, 1.807) is 0 Å². The van der Waals surface area contributed by atoms with E-state index in [2.05, 4.69) is 90.3 Å². The summed E-state index contributed by atoms with van der Waals surface area (Å²) in [5.74, 6) is 1.82. The van der Waals surface area contributed by atoms with Crippen molar-refractivity contribution in [1.29, 1.82) is 0 Å². The highest BCUT2D eigenvalue weighted by molar-refractivity contribution is 5.91. The predicted molar refractivity (Wildman–Crippen MR) is 163 cm³/mol. The third kappa shape index (κ3) is 6.22. The van der Waals surface area contributed by atoms with Crippen molar-refractivity contribution < 1.29 is 4.79 Å². The molecule has 40 heavy (non-hydrogen) atoms. The molecular weight excluding hydrogens is 498 g/mol. The summed E-state index contributed by atoms with van der Waals surface area (Å²) in [6.07, 6.45) is 2.95. The minimum Gasteiger partial charge on any atom is -0.367 e. The van der Waals surface area contributed by atoms with Crippen LogP contribution in [0.1, 0.15) is 58.1 Å². The summed E-state index contributed by atoms with van der Waals surface area (Å²) < 4.78 is 1.95. The maximum Gasteiger partial charge on any atom is 0.240 e. The number of piperazine rings is 1. The van der Waals surface area contributed by atoms with Crippen molar-refractivity contribution in [3.8, 4) is 11.4 Å². The van der Waals surface area contributed by atoms with Crippen LogP contribution >= 0.6 is 0 Å². The van der Waals surface area contributed by atoms with Crippen LogP contribution in [-0.4, -0.2) is 62.5 Å². The molecule has 5 rings (SSSR count). The lowest BCUT2D eigenvalue weighted by Gasteiger charge is -2.35. The van der Waals surface area contributed by atoms with E-state index in [1.807, 2.05) is 24.6 Å². The predicted octanol–water partition coefficient (Wildman–Crippen LogP) is 5.27. The number of nitrogens with one attached hydrogen (secondary N) is 2. The Bertz CT molecular complexity index is 1450. The van der Waals surface area contributed by atoms with Crippen molar-refractivity contribution in [1.82, 2.24) is 29.7 Å². The maximum absolute atomic E-state index is 12.3. The SMILES string of the molecule is CC[C@@H](C)NC(=O)Cn1cc(CN2CCN(c3cccc4[nH]c(-c5ccc(C(C)(C)C)cc5)nc34)CC2)nc1C. The monoisotopic (exact) mass is 541 g/mol. The number of benzene rings is 2. The Morgan fingerprint density at radius 2 is 1.77 bits per heavy atom. The smallest absolute Gasteiger partial charge is 0.240 e. The first kappa shape index (κ1) is 27.9. The molecule has 1 aliphatic rings. The Kier molecular flexibility index (Phi) is 7.99. The van der Waals surface area contributed by atoms with E-state index < -0.39 is 0 Å². The van der Waals surface area contributed by atoms with Crippen molar-refractivity contribution in [3.05, 3.63) is 65.7 Å². The van der Waals surface area contributed by atoms with Gasteiger partial charge in [-0.15, -0.1) is 0 Å². The van der Waals surface area contributed by atoms with Gasteiger partial charge in [-0.05, 0) is 43.4 Å². The van der Waals surface area contributed by atoms with E-state index in [0.717, 1.165) is 73.1 Å². The summed E-state index contributed by atoms with van der Waals surface area (Å²) >= 11 is 0. The van der Waals surface area contributed by atoms with Crippen LogP contribution in [0.3, 0.4) is 0 Å². The van der Waals surface area contributed by atoms with Crippen LogP contribution in [0.15, 0.2) is 48.7 Å². The maximum atomic E-state index is 12.3. The normalized spacial score (nSPS) is 15.5. The molecule has 1 amide bonds. The molecule has 1 aliphatic heterocycles. The van der Waals surface area contributed by atoms with Crippen molar-refractivity contribution in [2.75, 3.05) is 31.1 Å². The molecule has 1 saturated heterocycles. The zero-order valence-corrected chi connectivity index (χ0v) is 24.8.